The van der Waals surface area contributed by atoms with E-state index in [1.165, 1.54) is 10.8 Å². The van der Waals surface area contributed by atoms with Crippen LogP contribution in [-0.4, -0.2) is 9.55 Å². The van der Waals surface area contributed by atoms with Crippen LogP contribution in [0.5, 0.6) is 0 Å². The van der Waals surface area contributed by atoms with Gasteiger partial charge in [0, 0.05) is 33.1 Å². The average molecular weight is 618 g/mol. The molecule has 0 spiro atoms. The first-order valence-corrected chi connectivity index (χ1v) is 16.1. The van der Waals surface area contributed by atoms with Gasteiger partial charge in [-0.3, -0.25) is 0 Å². The number of oxazole rings is 1. The molecule has 0 bridgehead atoms. The number of hydrogen-bond donors (Lipinski definition) is 0. The number of anilines is 3. The Morgan fingerprint density at radius 3 is 1.98 bits per heavy atom. The van der Waals surface area contributed by atoms with Crippen LogP contribution in [0.3, 0.4) is 0 Å². The summed E-state index contributed by atoms with van der Waals surface area (Å²) in [5.41, 5.74) is 10.4. The smallest absolute Gasteiger partial charge is 0.227 e. The van der Waals surface area contributed by atoms with Gasteiger partial charge < -0.3 is 18.3 Å². The number of benzene rings is 7. The third-order valence-electron chi connectivity index (χ3n) is 9.20. The predicted octanol–water partition coefficient (Wildman–Crippen LogP) is 12.0. The summed E-state index contributed by atoms with van der Waals surface area (Å²) in [5.74, 6) is 0.593. The first kappa shape index (κ1) is 26.6. The fourth-order valence-electron chi connectivity index (χ4n) is 7.14. The molecule has 48 heavy (non-hydrogen) atoms. The van der Waals surface area contributed by atoms with E-state index in [0.29, 0.717) is 5.89 Å². The molecule has 0 aliphatic heterocycles. The number of fused-ring (bicyclic) bond motifs is 8. The normalized spacial score (nSPS) is 11.8. The zero-order valence-electron chi connectivity index (χ0n) is 25.7. The fraction of sp³-hybridized carbons (Fsp3) is 0. The van der Waals surface area contributed by atoms with Crippen LogP contribution in [0.1, 0.15) is 0 Å². The van der Waals surface area contributed by atoms with Crippen molar-refractivity contribution in [3.8, 4) is 17.1 Å². The highest BCUT2D eigenvalue weighted by Gasteiger charge is 2.25. The molecule has 5 nitrogen and oxygen atoms in total. The van der Waals surface area contributed by atoms with Crippen molar-refractivity contribution in [3.05, 3.63) is 164 Å². The minimum atomic E-state index is 0.593. The molecule has 0 saturated heterocycles. The summed E-state index contributed by atoms with van der Waals surface area (Å²) in [6.07, 6.45) is 0. The number of furan rings is 1. The van der Waals surface area contributed by atoms with Crippen LogP contribution in [0.25, 0.3) is 72.0 Å². The zero-order chi connectivity index (χ0) is 31.6. The molecule has 226 valence electrons. The highest BCUT2D eigenvalue weighted by molar-refractivity contribution is 6.20. The summed E-state index contributed by atoms with van der Waals surface area (Å²) >= 11 is 0. The predicted molar refractivity (Wildman–Crippen MR) is 196 cm³/mol. The number of para-hydroxylation sites is 5. The van der Waals surface area contributed by atoms with Crippen LogP contribution in [-0.2, 0) is 0 Å². The van der Waals surface area contributed by atoms with E-state index < -0.39 is 0 Å². The Balaban J connectivity index is 1.28. The maximum absolute atomic E-state index is 6.78. The summed E-state index contributed by atoms with van der Waals surface area (Å²) in [4.78, 5) is 7.16. The van der Waals surface area contributed by atoms with E-state index >= 15 is 0 Å². The topological polar surface area (TPSA) is 47.3 Å². The largest absolute Gasteiger partial charge is 0.454 e. The van der Waals surface area contributed by atoms with E-state index in [2.05, 4.69) is 131 Å². The second kappa shape index (κ2) is 10.5. The maximum atomic E-state index is 6.78. The minimum absolute atomic E-state index is 0.593. The molecular weight excluding hydrogens is 590 g/mol. The number of hydrogen-bond acceptors (Lipinski definition) is 4. The Morgan fingerprint density at radius 1 is 0.500 bits per heavy atom. The molecule has 0 fully saturated rings. The van der Waals surface area contributed by atoms with E-state index in [9.17, 15) is 0 Å². The van der Waals surface area contributed by atoms with Crippen molar-refractivity contribution in [2.75, 3.05) is 4.90 Å². The number of aromatic nitrogens is 2. The van der Waals surface area contributed by atoms with Gasteiger partial charge in [-0.1, -0.05) is 97.1 Å². The van der Waals surface area contributed by atoms with Crippen LogP contribution in [0, 0.1) is 0 Å². The molecule has 0 radical (unpaired) electrons. The van der Waals surface area contributed by atoms with Crippen LogP contribution in [0.2, 0.25) is 0 Å². The lowest BCUT2D eigenvalue weighted by Gasteiger charge is -2.27. The first-order chi connectivity index (χ1) is 23.8. The first-order valence-electron chi connectivity index (χ1n) is 16.1. The Morgan fingerprint density at radius 2 is 1.17 bits per heavy atom. The lowest BCUT2D eigenvalue weighted by atomic mass is 10.1. The quantitative estimate of drug-likeness (QED) is 0.193. The van der Waals surface area contributed by atoms with Crippen LogP contribution in [0.15, 0.2) is 173 Å². The van der Waals surface area contributed by atoms with Gasteiger partial charge in [-0.15, -0.1) is 0 Å². The van der Waals surface area contributed by atoms with Crippen LogP contribution < -0.4 is 4.90 Å². The van der Waals surface area contributed by atoms with Crippen LogP contribution in [0.4, 0.5) is 17.1 Å². The molecule has 3 heterocycles. The molecule has 5 heteroatoms. The molecule has 0 N–H and O–H groups in total. The number of rotatable bonds is 5. The third kappa shape index (κ3) is 3.94. The van der Waals surface area contributed by atoms with Crippen molar-refractivity contribution in [2.24, 2.45) is 0 Å². The number of nitrogens with zero attached hydrogens (tertiary/aromatic N) is 3. The summed E-state index contributed by atoms with van der Waals surface area (Å²) < 4.78 is 15.6. The molecule has 3 aromatic heterocycles. The second-order valence-electron chi connectivity index (χ2n) is 12.0. The van der Waals surface area contributed by atoms with Gasteiger partial charge in [0.2, 0.25) is 5.89 Å². The van der Waals surface area contributed by atoms with Crippen molar-refractivity contribution in [3.63, 3.8) is 0 Å². The maximum Gasteiger partial charge on any atom is 0.227 e. The van der Waals surface area contributed by atoms with E-state index in [4.69, 9.17) is 13.8 Å². The van der Waals surface area contributed by atoms with Gasteiger partial charge >= 0.3 is 0 Å². The minimum Gasteiger partial charge on any atom is -0.454 e. The van der Waals surface area contributed by atoms with Gasteiger partial charge in [-0.05, 0) is 66.7 Å². The molecule has 10 aromatic rings. The molecule has 0 atom stereocenters. The fourth-order valence-corrected chi connectivity index (χ4v) is 7.14. The van der Waals surface area contributed by atoms with Crippen molar-refractivity contribution >= 4 is 71.9 Å². The lowest BCUT2D eigenvalue weighted by Crippen LogP contribution is -2.11. The van der Waals surface area contributed by atoms with Crippen LogP contribution >= 0.6 is 0 Å². The SMILES string of the molecule is c1ccc(-c2nc3ccc4oc5c(N(c6ccccc6)c6cccc7c8ccccc8n(-c8ccccc8)c67)cccc5c4c3o2)cc1. The Bertz CT molecular complexity index is 2780. The summed E-state index contributed by atoms with van der Waals surface area (Å²) in [6, 6.07) is 56.6. The highest BCUT2D eigenvalue weighted by atomic mass is 16.4. The Labute approximate surface area is 275 Å². The van der Waals surface area contributed by atoms with Gasteiger partial charge in [0.05, 0.1) is 27.8 Å². The molecule has 0 aliphatic rings. The Hall–Kier alpha value is -6.59. The monoisotopic (exact) mass is 617 g/mol. The van der Waals surface area contributed by atoms with Gasteiger partial charge in [0.15, 0.2) is 11.2 Å². The van der Waals surface area contributed by atoms with Gasteiger partial charge in [0.1, 0.15) is 11.1 Å². The molecule has 0 saturated carbocycles. The molecule has 7 aromatic carbocycles. The van der Waals surface area contributed by atoms with Crippen molar-refractivity contribution in [1.29, 1.82) is 0 Å². The van der Waals surface area contributed by atoms with E-state index in [1.807, 2.05) is 42.5 Å². The van der Waals surface area contributed by atoms with Crippen molar-refractivity contribution in [1.82, 2.24) is 9.55 Å². The van der Waals surface area contributed by atoms with E-state index in [1.54, 1.807) is 0 Å². The lowest BCUT2D eigenvalue weighted by molar-refractivity contribution is 0.622. The zero-order valence-corrected chi connectivity index (χ0v) is 25.7. The van der Waals surface area contributed by atoms with E-state index in [-0.39, 0.29) is 0 Å². The highest BCUT2D eigenvalue weighted by Crippen LogP contribution is 2.47. The molecular formula is C43H27N3O2. The standard InChI is InChI=1S/C43H27N3O2/c1-4-14-28(15-5-1)43-44-34-26-27-38-39(42(34)48-43)33-22-13-25-37(41(33)47-38)45(29-16-6-2-7-17-29)36-24-12-21-32-31-20-10-11-23-35(31)46(40(32)36)30-18-8-3-9-19-30/h1-27H. The molecule has 0 unspecified atom stereocenters. The van der Waals surface area contributed by atoms with Gasteiger partial charge in [-0.25, -0.2) is 4.98 Å². The molecule has 0 amide bonds. The molecule has 10 rings (SSSR count). The third-order valence-corrected chi connectivity index (χ3v) is 9.20. The van der Waals surface area contributed by atoms with Crippen molar-refractivity contribution in [2.45, 2.75) is 0 Å². The average Bonchev–Trinajstić information content (AvgIpc) is 3.85. The second-order valence-corrected chi connectivity index (χ2v) is 12.0. The Kier molecular flexibility index (Phi) is 5.81. The van der Waals surface area contributed by atoms with Gasteiger partial charge in [0.25, 0.3) is 0 Å². The summed E-state index contributed by atoms with van der Waals surface area (Å²) in [5, 5.41) is 4.28. The van der Waals surface area contributed by atoms with Crippen molar-refractivity contribution < 1.29 is 8.83 Å². The van der Waals surface area contributed by atoms with E-state index in [0.717, 1.165) is 72.4 Å². The molecule has 0 aliphatic carbocycles. The van der Waals surface area contributed by atoms with Gasteiger partial charge in [-0.2, -0.15) is 0 Å². The summed E-state index contributed by atoms with van der Waals surface area (Å²) in [7, 11) is 0. The summed E-state index contributed by atoms with van der Waals surface area (Å²) in [6.45, 7) is 0.